The van der Waals surface area contributed by atoms with Gasteiger partial charge in [-0.3, -0.25) is 0 Å². The van der Waals surface area contributed by atoms with Crippen molar-refractivity contribution in [3.05, 3.63) is 42.2 Å². The van der Waals surface area contributed by atoms with Crippen molar-refractivity contribution in [3.8, 4) is 5.75 Å². The SMILES string of the molecule is C=C[C@@H](N)c1ccc(OC)cc1F.Cl. The molecule has 0 aromatic heterocycles. The maximum atomic E-state index is 13.3. The first-order valence-corrected chi connectivity index (χ1v) is 3.90. The maximum absolute atomic E-state index is 13.3. The van der Waals surface area contributed by atoms with Crippen LogP contribution in [0.1, 0.15) is 11.6 Å². The van der Waals surface area contributed by atoms with E-state index in [0.29, 0.717) is 11.3 Å². The van der Waals surface area contributed by atoms with Crippen molar-refractivity contribution in [3.63, 3.8) is 0 Å². The fourth-order valence-corrected chi connectivity index (χ4v) is 1.03. The number of halogens is 2. The molecule has 0 fully saturated rings. The van der Waals surface area contributed by atoms with Crippen LogP contribution in [0.15, 0.2) is 30.9 Å². The highest BCUT2D eigenvalue weighted by atomic mass is 35.5. The summed E-state index contributed by atoms with van der Waals surface area (Å²) in [5.41, 5.74) is 6.01. The third-order valence-corrected chi connectivity index (χ3v) is 1.82. The van der Waals surface area contributed by atoms with Gasteiger partial charge in [0, 0.05) is 11.6 Å². The molecule has 0 amide bonds. The van der Waals surface area contributed by atoms with Crippen molar-refractivity contribution in [1.82, 2.24) is 0 Å². The van der Waals surface area contributed by atoms with Gasteiger partial charge in [-0.1, -0.05) is 12.1 Å². The lowest BCUT2D eigenvalue weighted by molar-refractivity contribution is 0.410. The maximum Gasteiger partial charge on any atom is 0.131 e. The van der Waals surface area contributed by atoms with Crippen LogP contribution in [0.25, 0.3) is 0 Å². The fraction of sp³-hybridized carbons (Fsp3) is 0.200. The molecule has 1 atom stereocenters. The number of methoxy groups -OCH3 is 1. The van der Waals surface area contributed by atoms with E-state index in [1.807, 2.05) is 0 Å². The normalized spacial score (nSPS) is 11.4. The van der Waals surface area contributed by atoms with Crippen molar-refractivity contribution in [2.45, 2.75) is 6.04 Å². The molecule has 1 rings (SSSR count). The minimum absolute atomic E-state index is 0. The molecule has 0 aliphatic heterocycles. The Morgan fingerprint density at radius 1 is 1.57 bits per heavy atom. The standard InChI is InChI=1S/C10H12FNO.ClH/c1-3-10(12)8-5-4-7(13-2)6-9(8)11;/h3-6,10H,1,12H2,2H3;1H/t10-;/m1./s1. The number of rotatable bonds is 3. The van der Waals surface area contributed by atoms with E-state index in [9.17, 15) is 4.39 Å². The first-order valence-electron chi connectivity index (χ1n) is 3.90. The third-order valence-electron chi connectivity index (χ3n) is 1.82. The van der Waals surface area contributed by atoms with E-state index in [-0.39, 0.29) is 18.2 Å². The Hall–Kier alpha value is -1.06. The fourth-order valence-electron chi connectivity index (χ4n) is 1.03. The molecule has 4 heteroatoms. The second-order valence-corrected chi connectivity index (χ2v) is 2.65. The largest absolute Gasteiger partial charge is 0.497 e. The summed E-state index contributed by atoms with van der Waals surface area (Å²) in [5.74, 6) is 0.115. The molecular formula is C10H13ClFNO. The van der Waals surface area contributed by atoms with E-state index < -0.39 is 6.04 Å². The zero-order valence-electron chi connectivity index (χ0n) is 7.87. The summed E-state index contributed by atoms with van der Waals surface area (Å²) in [4.78, 5) is 0. The van der Waals surface area contributed by atoms with E-state index in [2.05, 4.69) is 6.58 Å². The van der Waals surface area contributed by atoms with Crippen molar-refractivity contribution < 1.29 is 9.13 Å². The number of hydrogen-bond acceptors (Lipinski definition) is 2. The first-order chi connectivity index (χ1) is 6.19. The molecule has 2 N–H and O–H groups in total. The lowest BCUT2D eigenvalue weighted by atomic mass is 10.1. The Morgan fingerprint density at radius 3 is 2.64 bits per heavy atom. The highest BCUT2D eigenvalue weighted by molar-refractivity contribution is 5.85. The molecule has 78 valence electrons. The first kappa shape index (κ1) is 12.9. The van der Waals surface area contributed by atoms with Crippen LogP contribution in [-0.2, 0) is 0 Å². The van der Waals surface area contributed by atoms with E-state index in [0.717, 1.165) is 0 Å². The van der Waals surface area contributed by atoms with Crippen molar-refractivity contribution in [2.24, 2.45) is 5.73 Å². The van der Waals surface area contributed by atoms with Crippen LogP contribution in [0.4, 0.5) is 4.39 Å². The molecule has 2 nitrogen and oxygen atoms in total. The summed E-state index contributed by atoms with van der Waals surface area (Å²) in [6.45, 7) is 3.50. The lowest BCUT2D eigenvalue weighted by Crippen LogP contribution is -2.08. The molecule has 1 aromatic rings. The highest BCUT2D eigenvalue weighted by Crippen LogP contribution is 2.20. The smallest absolute Gasteiger partial charge is 0.131 e. The summed E-state index contributed by atoms with van der Waals surface area (Å²) in [5, 5.41) is 0. The second kappa shape index (κ2) is 5.62. The summed E-state index contributed by atoms with van der Waals surface area (Å²) in [6, 6.07) is 4.10. The van der Waals surface area contributed by atoms with Gasteiger partial charge in [0.15, 0.2) is 0 Å². The van der Waals surface area contributed by atoms with Crippen molar-refractivity contribution in [2.75, 3.05) is 7.11 Å². The third kappa shape index (κ3) is 2.72. The van der Waals surface area contributed by atoms with Gasteiger partial charge in [0.05, 0.1) is 13.2 Å². The predicted molar refractivity (Wildman–Crippen MR) is 57.3 cm³/mol. The second-order valence-electron chi connectivity index (χ2n) is 2.65. The molecule has 0 aliphatic carbocycles. The van der Waals surface area contributed by atoms with Gasteiger partial charge in [-0.05, 0) is 6.07 Å². The van der Waals surface area contributed by atoms with Gasteiger partial charge in [-0.2, -0.15) is 0 Å². The highest BCUT2D eigenvalue weighted by Gasteiger charge is 2.08. The summed E-state index contributed by atoms with van der Waals surface area (Å²) >= 11 is 0. The molecular weight excluding hydrogens is 205 g/mol. The number of hydrogen-bond donors (Lipinski definition) is 1. The quantitative estimate of drug-likeness (QED) is 0.790. The Balaban J connectivity index is 0.00000169. The molecule has 0 aliphatic rings. The van der Waals surface area contributed by atoms with Crippen molar-refractivity contribution >= 4 is 12.4 Å². The summed E-state index contributed by atoms with van der Waals surface area (Å²) < 4.78 is 18.1. The number of nitrogens with two attached hydrogens (primary N) is 1. The topological polar surface area (TPSA) is 35.2 Å². The molecule has 0 bridgehead atoms. The lowest BCUT2D eigenvalue weighted by Gasteiger charge is -2.08. The molecule has 1 aromatic carbocycles. The Morgan fingerprint density at radius 2 is 2.21 bits per heavy atom. The molecule has 0 saturated carbocycles. The van der Waals surface area contributed by atoms with E-state index in [1.54, 1.807) is 12.1 Å². The van der Waals surface area contributed by atoms with E-state index in [4.69, 9.17) is 10.5 Å². The van der Waals surface area contributed by atoms with Gasteiger partial charge in [0.25, 0.3) is 0 Å². The molecule has 0 saturated heterocycles. The van der Waals surface area contributed by atoms with Crippen LogP contribution < -0.4 is 10.5 Å². The average molecular weight is 218 g/mol. The Labute approximate surface area is 89.0 Å². The zero-order valence-corrected chi connectivity index (χ0v) is 8.68. The van der Waals surface area contributed by atoms with Crippen molar-refractivity contribution in [1.29, 1.82) is 0 Å². The molecule has 0 radical (unpaired) electrons. The summed E-state index contributed by atoms with van der Waals surface area (Å²) in [7, 11) is 1.49. The van der Waals surface area contributed by atoms with Gasteiger partial charge in [-0.15, -0.1) is 19.0 Å². The minimum atomic E-state index is -0.467. The average Bonchev–Trinajstić information content (AvgIpc) is 2.16. The zero-order chi connectivity index (χ0) is 9.84. The monoisotopic (exact) mass is 217 g/mol. The van der Waals surface area contributed by atoms with Gasteiger partial charge >= 0.3 is 0 Å². The van der Waals surface area contributed by atoms with Crippen LogP contribution in [-0.4, -0.2) is 7.11 Å². The van der Waals surface area contributed by atoms with Gasteiger partial charge in [0.2, 0.25) is 0 Å². The molecule has 0 heterocycles. The van der Waals surface area contributed by atoms with Gasteiger partial charge < -0.3 is 10.5 Å². The predicted octanol–water partition coefficient (Wildman–Crippen LogP) is 2.44. The van der Waals surface area contributed by atoms with Crippen LogP contribution in [0.3, 0.4) is 0 Å². The molecule has 0 spiro atoms. The molecule has 14 heavy (non-hydrogen) atoms. The van der Waals surface area contributed by atoms with Gasteiger partial charge in [0.1, 0.15) is 11.6 Å². The van der Waals surface area contributed by atoms with E-state index in [1.165, 1.54) is 19.3 Å². The minimum Gasteiger partial charge on any atom is -0.497 e. The number of ether oxygens (including phenoxy) is 1. The Bertz CT molecular complexity index is 317. The number of benzene rings is 1. The van der Waals surface area contributed by atoms with Gasteiger partial charge in [-0.25, -0.2) is 4.39 Å². The van der Waals surface area contributed by atoms with Crippen LogP contribution in [0.2, 0.25) is 0 Å². The van der Waals surface area contributed by atoms with Crippen LogP contribution in [0, 0.1) is 5.82 Å². The molecule has 0 unspecified atom stereocenters. The van der Waals surface area contributed by atoms with Crippen LogP contribution in [0.5, 0.6) is 5.75 Å². The van der Waals surface area contributed by atoms with E-state index >= 15 is 0 Å². The Kier molecular flexibility index (Phi) is 5.20. The van der Waals surface area contributed by atoms with Crippen LogP contribution >= 0.6 is 12.4 Å². The summed E-state index contributed by atoms with van der Waals surface area (Å²) in [6.07, 6.45) is 1.49.